The smallest absolute Gasteiger partial charge is 0.790 e. The Morgan fingerprint density at radius 2 is 0.966 bits per heavy atom. The molecule has 0 aliphatic carbocycles. The van der Waals surface area contributed by atoms with Crippen molar-refractivity contribution in [1.82, 2.24) is 0 Å². The van der Waals surface area contributed by atoms with Crippen LogP contribution in [0.25, 0.3) is 0 Å². The van der Waals surface area contributed by atoms with Gasteiger partial charge in [-0.1, -0.05) is 0 Å². The first-order chi connectivity index (χ1) is 12.6. The summed E-state index contributed by atoms with van der Waals surface area (Å²) in [5.74, 6) is -2.21. The quantitative estimate of drug-likeness (QED) is 0.145. The second kappa shape index (κ2) is 15.2. The molecular formula is C11H18O16P2. The van der Waals surface area contributed by atoms with Gasteiger partial charge in [0, 0.05) is 0 Å². The average Bonchev–Trinajstić information content (AvgIpc) is 2.60. The second-order valence-electron chi connectivity index (χ2n) is 4.76. The van der Waals surface area contributed by atoms with Crippen molar-refractivity contribution < 1.29 is 78.0 Å². The molecule has 4 atom stereocenters. The first kappa shape index (κ1) is 33.0. The predicted molar refractivity (Wildman–Crippen MR) is 78.6 cm³/mol. The standard InChI is InChI=1S/2C5H11O8P.C/c2*6-1-3(7)5(9)4(8)2-13-14(10,11)12;/h2*4-6,8-9H,1-2H2,(H2,10,11,12);/q;;+4/p-4/t2*4-,5-;/m11./s1. The van der Waals surface area contributed by atoms with E-state index in [1.807, 2.05) is 0 Å². The molecule has 0 saturated heterocycles. The molecule has 0 bridgehead atoms. The first-order valence-electron chi connectivity index (χ1n) is 6.88. The minimum absolute atomic E-state index is 0. The molecule has 0 unspecified atom stereocenters. The van der Waals surface area contributed by atoms with E-state index in [2.05, 4.69) is 9.05 Å². The van der Waals surface area contributed by atoms with E-state index < -0.39 is 78.1 Å². The Bertz CT molecular complexity index is 519. The number of phosphoric acid groups is 2. The van der Waals surface area contributed by atoms with Crippen molar-refractivity contribution >= 4 is 27.2 Å². The molecule has 0 aromatic rings. The molecular weight excluding hydrogens is 450 g/mol. The average molecular weight is 468 g/mol. The summed E-state index contributed by atoms with van der Waals surface area (Å²) in [6, 6.07) is 0. The maximum atomic E-state index is 10.5. The van der Waals surface area contributed by atoms with Gasteiger partial charge in [0.05, 0.1) is 28.9 Å². The maximum absolute atomic E-state index is 10.5. The van der Waals surface area contributed by atoms with Crippen LogP contribution in [0, 0.1) is 7.43 Å². The van der Waals surface area contributed by atoms with Crippen LogP contribution >= 0.6 is 15.6 Å². The minimum atomic E-state index is -5.24. The molecule has 0 rings (SSSR count). The molecule has 0 amide bonds. The van der Waals surface area contributed by atoms with E-state index >= 15 is 0 Å². The summed E-state index contributed by atoms with van der Waals surface area (Å²) in [5.41, 5.74) is 0. The van der Waals surface area contributed by atoms with E-state index in [0.717, 1.165) is 0 Å². The normalized spacial score (nSPS) is 15.8. The third-order valence-corrected chi connectivity index (χ3v) is 3.44. The van der Waals surface area contributed by atoms with Gasteiger partial charge in [-0.2, -0.15) is 0 Å². The van der Waals surface area contributed by atoms with Gasteiger partial charge in [0.25, 0.3) is 0 Å². The van der Waals surface area contributed by atoms with Crippen LogP contribution in [-0.4, -0.2) is 93.0 Å². The molecule has 0 heterocycles. The molecule has 0 aliphatic rings. The zero-order valence-corrected chi connectivity index (χ0v) is 16.1. The van der Waals surface area contributed by atoms with Crippen LogP contribution in [0.1, 0.15) is 0 Å². The van der Waals surface area contributed by atoms with Crippen LogP contribution in [0.15, 0.2) is 0 Å². The van der Waals surface area contributed by atoms with Crippen molar-refractivity contribution in [3.8, 4) is 0 Å². The zero-order chi connectivity index (χ0) is 22.7. The van der Waals surface area contributed by atoms with E-state index in [1.54, 1.807) is 0 Å². The summed E-state index contributed by atoms with van der Waals surface area (Å²) in [6.45, 7) is -4.08. The van der Waals surface area contributed by atoms with Gasteiger partial charge in [-0.05, 0) is 0 Å². The van der Waals surface area contributed by atoms with E-state index in [1.165, 1.54) is 0 Å². The molecule has 6 N–H and O–H groups in total. The second-order valence-corrected chi connectivity index (χ2v) is 7.06. The van der Waals surface area contributed by atoms with E-state index in [0.29, 0.717) is 0 Å². The summed E-state index contributed by atoms with van der Waals surface area (Å²) < 4.78 is 27.1. The molecule has 168 valence electrons. The molecule has 18 heteroatoms. The van der Waals surface area contributed by atoms with Gasteiger partial charge in [0.15, 0.2) is 11.6 Å². The van der Waals surface area contributed by atoms with Crippen molar-refractivity contribution in [2.75, 3.05) is 26.4 Å². The van der Waals surface area contributed by atoms with Crippen LogP contribution in [-0.2, 0) is 27.8 Å². The Hall–Kier alpha value is -0.680. The number of hydrogen-bond donors (Lipinski definition) is 6. The summed E-state index contributed by atoms with van der Waals surface area (Å²) in [6.07, 6.45) is -7.70. The Kier molecular flexibility index (Phi) is 17.2. The molecule has 16 nitrogen and oxygen atoms in total. The van der Waals surface area contributed by atoms with Crippen LogP contribution in [0.5, 0.6) is 0 Å². The third-order valence-electron chi connectivity index (χ3n) is 2.51. The molecule has 0 aromatic heterocycles. The Balaban J connectivity index is -0.000000451. The SMILES string of the molecule is O=C(CO)[C@@H](O)[C@H](O)COP(=O)([O-])[O-].O=C(CO)[C@@H](O)[C@H](O)COP(=O)([O-])[O-].[C+4]. The zero-order valence-electron chi connectivity index (χ0n) is 14.3. The van der Waals surface area contributed by atoms with Crippen LogP contribution < -0.4 is 19.6 Å². The van der Waals surface area contributed by atoms with Crippen molar-refractivity contribution in [2.45, 2.75) is 24.4 Å². The summed E-state index contributed by atoms with van der Waals surface area (Å²) in [7, 11) is -10.5. The molecule has 29 heavy (non-hydrogen) atoms. The number of hydrogen-bond acceptors (Lipinski definition) is 16. The fourth-order valence-electron chi connectivity index (χ4n) is 1.13. The topological polar surface area (TPSA) is 300 Å². The number of aliphatic hydroxyl groups is 6. The summed E-state index contributed by atoms with van der Waals surface area (Å²) >= 11 is 0. The first-order valence-corrected chi connectivity index (χ1v) is 9.80. The number of Topliss-reactive ketones (excluding diaryl/α,β-unsaturated/α-hetero) is 2. The monoisotopic (exact) mass is 468 g/mol. The van der Waals surface area contributed by atoms with Crippen LogP contribution in [0.3, 0.4) is 0 Å². The number of carbonyl (C=O) groups is 2. The van der Waals surface area contributed by atoms with Gasteiger partial charge in [0.2, 0.25) is 0 Å². The number of aliphatic hydroxyl groups excluding tert-OH is 6. The fraction of sp³-hybridized carbons (Fsp3) is 0.727. The third kappa shape index (κ3) is 17.9. The van der Waals surface area contributed by atoms with Crippen molar-refractivity contribution in [3.63, 3.8) is 0 Å². The number of carbonyl (C=O) groups excluding carboxylic acids is 2. The van der Waals surface area contributed by atoms with E-state index in [-0.39, 0.29) is 7.43 Å². The molecule has 0 fully saturated rings. The van der Waals surface area contributed by atoms with Crippen molar-refractivity contribution in [3.05, 3.63) is 7.43 Å². The molecule has 0 radical (unpaired) electrons. The minimum Gasteiger partial charge on any atom is -0.790 e. The van der Waals surface area contributed by atoms with Crippen LogP contribution in [0.2, 0.25) is 0 Å². The van der Waals surface area contributed by atoms with Gasteiger partial charge in [-0.15, -0.1) is 0 Å². The number of ketones is 2. The van der Waals surface area contributed by atoms with E-state index in [9.17, 15) is 38.3 Å². The Morgan fingerprint density at radius 3 is 1.14 bits per heavy atom. The molecule has 0 spiro atoms. The van der Waals surface area contributed by atoms with Gasteiger partial charge in [0.1, 0.15) is 37.6 Å². The number of phosphoric ester groups is 2. The summed E-state index contributed by atoms with van der Waals surface area (Å²) in [4.78, 5) is 60.8. The molecule has 0 aromatic carbocycles. The van der Waals surface area contributed by atoms with Gasteiger partial charge in [-0.3, -0.25) is 9.59 Å². The largest absolute Gasteiger partial charge is 4.00 e. The van der Waals surface area contributed by atoms with Gasteiger partial charge in [-0.25, -0.2) is 0 Å². The van der Waals surface area contributed by atoms with Gasteiger partial charge < -0.3 is 68.4 Å². The van der Waals surface area contributed by atoms with Crippen molar-refractivity contribution in [2.24, 2.45) is 0 Å². The molecule has 0 aliphatic heterocycles. The van der Waals surface area contributed by atoms with Crippen molar-refractivity contribution in [1.29, 1.82) is 0 Å². The summed E-state index contributed by atoms with van der Waals surface area (Å²) in [5, 5.41) is 51.9. The fourth-order valence-corrected chi connectivity index (χ4v) is 1.80. The Morgan fingerprint density at radius 1 is 0.724 bits per heavy atom. The van der Waals surface area contributed by atoms with Gasteiger partial charge >= 0.3 is 7.43 Å². The predicted octanol–water partition coefficient (Wildman–Crippen LogP) is -7.69. The molecule has 0 saturated carbocycles. The van der Waals surface area contributed by atoms with Crippen LogP contribution in [0.4, 0.5) is 0 Å². The number of rotatable bonds is 12. The maximum Gasteiger partial charge on any atom is 4.00 e. The van der Waals surface area contributed by atoms with E-state index in [4.69, 9.17) is 30.6 Å². The Labute approximate surface area is 164 Å².